The van der Waals surface area contributed by atoms with E-state index in [9.17, 15) is 4.79 Å². The molecule has 4 heteroatoms. The zero-order chi connectivity index (χ0) is 16.9. The Bertz CT molecular complexity index is 533. The predicted molar refractivity (Wildman–Crippen MR) is 96.0 cm³/mol. The molecule has 3 rings (SSSR count). The lowest BCUT2D eigenvalue weighted by molar-refractivity contribution is -0.139. The maximum atomic E-state index is 13.0. The van der Waals surface area contributed by atoms with Gasteiger partial charge in [-0.1, -0.05) is 36.8 Å². The molecular weight excluding hydrogens is 300 g/mol. The number of rotatable bonds is 7. The summed E-state index contributed by atoms with van der Waals surface area (Å²) in [5.41, 5.74) is 2.57. The molecule has 0 radical (unpaired) electrons. The fourth-order valence-electron chi connectivity index (χ4n) is 3.50. The Hall–Kier alpha value is -1.39. The third-order valence-electron chi connectivity index (χ3n) is 5.46. The van der Waals surface area contributed by atoms with Crippen molar-refractivity contribution in [2.24, 2.45) is 11.8 Å². The van der Waals surface area contributed by atoms with Crippen LogP contribution in [-0.2, 0) is 16.0 Å². The summed E-state index contributed by atoms with van der Waals surface area (Å²) in [6.45, 7) is 8.50. The van der Waals surface area contributed by atoms with Crippen LogP contribution in [0.5, 0.6) is 0 Å². The normalized spacial score (nSPS) is 22.2. The van der Waals surface area contributed by atoms with Gasteiger partial charge in [-0.3, -0.25) is 4.79 Å². The summed E-state index contributed by atoms with van der Waals surface area (Å²) in [5, 5.41) is 3.28. The van der Waals surface area contributed by atoms with Crippen molar-refractivity contribution in [3.05, 3.63) is 35.4 Å². The van der Waals surface area contributed by atoms with Crippen molar-refractivity contribution in [1.29, 1.82) is 0 Å². The topological polar surface area (TPSA) is 41.6 Å². The highest BCUT2D eigenvalue weighted by Gasteiger charge is 2.32. The molecule has 0 saturated carbocycles. The van der Waals surface area contributed by atoms with Gasteiger partial charge in [-0.25, -0.2) is 0 Å². The van der Waals surface area contributed by atoms with E-state index in [2.05, 4.69) is 48.3 Å². The number of ether oxygens (including phenoxy) is 1. The van der Waals surface area contributed by atoms with E-state index in [1.165, 1.54) is 11.1 Å². The Morgan fingerprint density at radius 2 is 2.08 bits per heavy atom. The average molecular weight is 330 g/mol. The number of benzene rings is 1. The Kier molecular flexibility index (Phi) is 5.90. The van der Waals surface area contributed by atoms with E-state index in [0.717, 1.165) is 52.0 Å². The van der Waals surface area contributed by atoms with E-state index in [-0.39, 0.29) is 12.0 Å². The molecule has 1 amide bonds. The van der Waals surface area contributed by atoms with E-state index in [4.69, 9.17) is 4.74 Å². The molecule has 2 saturated heterocycles. The molecule has 0 aliphatic carbocycles. The second-order valence-electron chi connectivity index (χ2n) is 7.36. The highest BCUT2D eigenvalue weighted by molar-refractivity contribution is 5.79. The summed E-state index contributed by atoms with van der Waals surface area (Å²) < 4.78 is 5.78. The van der Waals surface area contributed by atoms with Gasteiger partial charge in [-0.05, 0) is 50.8 Å². The molecule has 4 nitrogen and oxygen atoms in total. The van der Waals surface area contributed by atoms with Gasteiger partial charge in [0.2, 0.25) is 5.91 Å². The van der Waals surface area contributed by atoms with Crippen molar-refractivity contribution in [3.63, 3.8) is 0 Å². The van der Waals surface area contributed by atoms with Crippen LogP contribution in [0.3, 0.4) is 0 Å². The zero-order valence-corrected chi connectivity index (χ0v) is 15.0. The molecular formula is C20H30N2O2. The molecule has 2 unspecified atom stereocenters. The summed E-state index contributed by atoms with van der Waals surface area (Å²) in [4.78, 5) is 15.0. The number of carbonyl (C=O) groups is 1. The van der Waals surface area contributed by atoms with Crippen LogP contribution >= 0.6 is 0 Å². The molecule has 2 aliphatic heterocycles. The van der Waals surface area contributed by atoms with Crippen molar-refractivity contribution in [1.82, 2.24) is 10.2 Å². The minimum absolute atomic E-state index is 0.102. The number of nitrogens with one attached hydrogen (secondary N) is 1. The predicted octanol–water partition coefficient (Wildman–Crippen LogP) is 2.40. The minimum Gasteiger partial charge on any atom is -0.376 e. The van der Waals surface area contributed by atoms with Gasteiger partial charge >= 0.3 is 0 Å². The van der Waals surface area contributed by atoms with Gasteiger partial charge in [0.25, 0.3) is 0 Å². The highest BCUT2D eigenvalue weighted by atomic mass is 16.5. The van der Waals surface area contributed by atoms with Gasteiger partial charge in [0.1, 0.15) is 0 Å². The van der Waals surface area contributed by atoms with Crippen LogP contribution in [-0.4, -0.2) is 49.7 Å². The van der Waals surface area contributed by atoms with Crippen LogP contribution in [0.4, 0.5) is 0 Å². The fraction of sp³-hybridized carbons (Fsp3) is 0.650. The molecule has 2 aliphatic rings. The van der Waals surface area contributed by atoms with Crippen LogP contribution in [0.1, 0.15) is 30.9 Å². The maximum absolute atomic E-state index is 13.0. The Morgan fingerprint density at radius 3 is 2.67 bits per heavy atom. The Morgan fingerprint density at radius 1 is 1.33 bits per heavy atom. The van der Waals surface area contributed by atoms with Gasteiger partial charge < -0.3 is 15.0 Å². The number of amides is 1. The van der Waals surface area contributed by atoms with Gasteiger partial charge in [-0.2, -0.15) is 0 Å². The SMILES string of the molecule is Cc1ccc(CCN(CC2CCCO2)C(=O)C(C)C2CNC2)cc1. The smallest absolute Gasteiger partial charge is 0.225 e. The van der Waals surface area contributed by atoms with Crippen LogP contribution in [0.2, 0.25) is 0 Å². The summed E-state index contributed by atoms with van der Waals surface area (Å²) in [5.74, 6) is 0.888. The molecule has 1 aromatic carbocycles. The molecule has 1 aromatic rings. The lowest BCUT2D eigenvalue weighted by atomic mass is 9.87. The van der Waals surface area contributed by atoms with E-state index >= 15 is 0 Å². The van der Waals surface area contributed by atoms with E-state index in [1.807, 2.05) is 0 Å². The third kappa shape index (κ3) is 4.37. The van der Waals surface area contributed by atoms with E-state index in [0.29, 0.717) is 11.8 Å². The summed E-state index contributed by atoms with van der Waals surface area (Å²) in [6, 6.07) is 8.63. The summed E-state index contributed by atoms with van der Waals surface area (Å²) >= 11 is 0. The van der Waals surface area contributed by atoms with Gasteiger partial charge in [0.15, 0.2) is 0 Å². The molecule has 132 valence electrons. The fourth-order valence-corrected chi connectivity index (χ4v) is 3.50. The molecule has 1 N–H and O–H groups in total. The first kappa shape index (κ1) is 17.4. The monoisotopic (exact) mass is 330 g/mol. The standard InChI is InChI=1S/C20H30N2O2/c1-15-5-7-17(8-6-15)9-10-22(14-19-4-3-11-24-19)20(23)16(2)18-12-21-13-18/h5-8,16,18-19,21H,3-4,9-14H2,1-2H3. The molecule has 0 bridgehead atoms. The molecule has 2 fully saturated rings. The van der Waals surface area contributed by atoms with Crippen molar-refractivity contribution >= 4 is 5.91 Å². The summed E-state index contributed by atoms with van der Waals surface area (Å²) in [6.07, 6.45) is 3.33. The lowest BCUT2D eigenvalue weighted by Crippen LogP contribution is -2.51. The zero-order valence-electron chi connectivity index (χ0n) is 15.0. The molecule has 0 aromatic heterocycles. The van der Waals surface area contributed by atoms with Crippen molar-refractivity contribution < 1.29 is 9.53 Å². The lowest BCUT2D eigenvalue weighted by Gasteiger charge is -2.36. The maximum Gasteiger partial charge on any atom is 0.225 e. The van der Waals surface area contributed by atoms with E-state index < -0.39 is 0 Å². The quantitative estimate of drug-likeness (QED) is 0.835. The first-order chi connectivity index (χ1) is 11.6. The Labute approximate surface area is 145 Å². The number of aryl methyl sites for hydroxylation is 1. The van der Waals surface area contributed by atoms with Gasteiger partial charge in [-0.15, -0.1) is 0 Å². The number of nitrogens with zero attached hydrogens (tertiary/aromatic N) is 1. The average Bonchev–Trinajstić information content (AvgIpc) is 3.03. The Balaban J connectivity index is 1.61. The van der Waals surface area contributed by atoms with Crippen LogP contribution < -0.4 is 5.32 Å². The molecule has 2 atom stereocenters. The first-order valence-electron chi connectivity index (χ1n) is 9.30. The molecule has 0 spiro atoms. The number of carbonyl (C=O) groups excluding carboxylic acids is 1. The molecule has 24 heavy (non-hydrogen) atoms. The largest absolute Gasteiger partial charge is 0.376 e. The summed E-state index contributed by atoms with van der Waals surface area (Å²) in [7, 11) is 0. The molecule has 2 heterocycles. The number of hydrogen-bond donors (Lipinski definition) is 1. The second kappa shape index (κ2) is 8.13. The van der Waals surface area contributed by atoms with Crippen molar-refractivity contribution in [2.75, 3.05) is 32.8 Å². The van der Waals surface area contributed by atoms with Crippen molar-refractivity contribution in [3.8, 4) is 0 Å². The first-order valence-corrected chi connectivity index (χ1v) is 9.30. The van der Waals surface area contributed by atoms with Gasteiger partial charge in [0, 0.05) is 25.6 Å². The van der Waals surface area contributed by atoms with Gasteiger partial charge in [0.05, 0.1) is 6.10 Å². The number of hydrogen-bond acceptors (Lipinski definition) is 3. The highest BCUT2D eigenvalue weighted by Crippen LogP contribution is 2.21. The van der Waals surface area contributed by atoms with Crippen molar-refractivity contribution in [2.45, 2.75) is 39.2 Å². The van der Waals surface area contributed by atoms with Crippen LogP contribution in [0.25, 0.3) is 0 Å². The second-order valence-corrected chi connectivity index (χ2v) is 7.36. The van der Waals surface area contributed by atoms with Crippen LogP contribution in [0, 0.1) is 18.8 Å². The van der Waals surface area contributed by atoms with Crippen LogP contribution in [0.15, 0.2) is 24.3 Å². The minimum atomic E-state index is 0.102. The van der Waals surface area contributed by atoms with E-state index in [1.54, 1.807) is 0 Å². The third-order valence-corrected chi connectivity index (χ3v) is 5.46.